The van der Waals surface area contributed by atoms with E-state index in [0.29, 0.717) is 5.76 Å². The van der Waals surface area contributed by atoms with Crippen molar-refractivity contribution in [1.82, 2.24) is 5.16 Å². The third-order valence-electron chi connectivity index (χ3n) is 3.39. The number of ether oxygens (including phenoxy) is 1. The summed E-state index contributed by atoms with van der Waals surface area (Å²) in [6.07, 6.45) is 1.85. The number of nitrogens with zero attached hydrogens (tertiary/aromatic N) is 1. The summed E-state index contributed by atoms with van der Waals surface area (Å²) in [5.74, 6) is -0.483. The number of hydrogen-bond donors (Lipinski definition) is 0. The fraction of sp³-hybridized carbons (Fsp3) is 0.333. The van der Waals surface area contributed by atoms with Crippen molar-refractivity contribution in [2.45, 2.75) is 25.7 Å². The van der Waals surface area contributed by atoms with Crippen molar-refractivity contribution in [1.29, 1.82) is 0 Å². The SMILES string of the molecule is CCOC(=O)c1c(-c2c(Cl)cc(F)cc2Cl)noc1C1CC1. The molecule has 1 aliphatic carbocycles. The fourth-order valence-corrected chi connectivity index (χ4v) is 2.91. The van der Waals surface area contributed by atoms with Crippen LogP contribution in [0.1, 0.15) is 41.8 Å². The zero-order valence-electron chi connectivity index (χ0n) is 11.7. The maximum absolute atomic E-state index is 13.3. The lowest BCUT2D eigenvalue weighted by atomic mass is 10.0. The van der Waals surface area contributed by atoms with E-state index < -0.39 is 11.8 Å². The van der Waals surface area contributed by atoms with E-state index in [4.69, 9.17) is 32.5 Å². The normalized spacial score (nSPS) is 14.2. The first-order valence-corrected chi connectivity index (χ1v) is 7.60. The highest BCUT2D eigenvalue weighted by Gasteiger charge is 2.37. The number of carbonyl (C=O) groups excluding carboxylic acids is 1. The maximum Gasteiger partial charge on any atom is 0.344 e. The number of aromatic nitrogens is 1. The predicted octanol–water partition coefficient (Wildman–Crippen LogP) is 4.84. The quantitative estimate of drug-likeness (QED) is 0.745. The molecule has 0 spiro atoms. The minimum Gasteiger partial charge on any atom is -0.462 e. The first-order chi connectivity index (χ1) is 10.5. The highest BCUT2D eigenvalue weighted by atomic mass is 35.5. The minimum atomic E-state index is -0.567. The van der Waals surface area contributed by atoms with Gasteiger partial charge in [-0.25, -0.2) is 9.18 Å². The number of hydrogen-bond acceptors (Lipinski definition) is 4. The second-order valence-electron chi connectivity index (χ2n) is 5.01. The van der Waals surface area contributed by atoms with Crippen molar-refractivity contribution in [2.75, 3.05) is 6.61 Å². The van der Waals surface area contributed by atoms with Crippen LogP contribution in [0.3, 0.4) is 0 Å². The lowest BCUT2D eigenvalue weighted by molar-refractivity contribution is 0.0524. The van der Waals surface area contributed by atoms with Gasteiger partial charge in [-0.15, -0.1) is 0 Å². The lowest BCUT2D eigenvalue weighted by Gasteiger charge is -2.07. The number of rotatable bonds is 4. The molecule has 0 unspecified atom stereocenters. The van der Waals surface area contributed by atoms with Gasteiger partial charge in [0.1, 0.15) is 17.1 Å². The van der Waals surface area contributed by atoms with Gasteiger partial charge in [-0.05, 0) is 31.9 Å². The maximum atomic E-state index is 13.3. The van der Waals surface area contributed by atoms with Gasteiger partial charge in [0.25, 0.3) is 0 Å². The average molecular weight is 344 g/mol. The lowest BCUT2D eigenvalue weighted by Crippen LogP contribution is -2.08. The highest BCUT2D eigenvalue weighted by Crippen LogP contribution is 2.46. The van der Waals surface area contributed by atoms with E-state index in [9.17, 15) is 9.18 Å². The van der Waals surface area contributed by atoms with Crippen LogP contribution in [0.25, 0.3) is 11.3 Å². The molecule has 1 aromatic heterocycles. The number of esters is 1. The van der Waals surface area contributed by atoms with Gasteiger partial charge in [0.05, 0.1) is 16.7 Å². The predicted molar refractivity (Wildman–Crippen MR) is 79.8 cm³/mol. The van der Waals surface area contributed by atoms with Gasteiger partial charge in [-0.3, -0.25) is 0 Å². The van der Waals surface area contributed by atoms with Crippen LogP contribution in [0.5, 0.6) is 0 Å². The molecule has 0 N–H and O–H groups in total. The molecule has 116 valence electrons. The first kappa shape index (κ1) is 15.3. The zero-order valence-corrected chi connectivity index (χ0v) is 13.2. The Labute approximate surface area is 136 Å². The van der Waals surface area contributed by atoms with Gasteiger partial charge in [0.15, 0.2) is 5.76 Å². The van der Waals surface area contributed by atoms with E-state index in [1.54, 1.807) is 6.92 Å². The largest absolute Gasteiger partial charge is 0.462 e. The molecule has 4 nitrogen and oxygen atoms in total. The van der Waals surface area contributed by atoms with Gasteiger partial charge < -0.3 is 9.26 Å². The monoisotopic (exact) mass is 343 g/mol. The summed E-state index contributed by atoms with van der Waals surface area (Å²) in [6, 6.07) is 2.23. The molecule has 1 aliphatic rings. The molecule has 0 saturated heterocycles. The van der Waals surface area contributed by atoms with Crippen molar-refractivity contribution in [3.63, 3.8) is 0 Å². The topological polar surface area (TPSA) is 52.3 Å². The highest BCUT2D eigenvalue weighted by molar-refractivity contribution is 6.39. The third kappa shape index (κ3) is 2.71. The Balaban J connectivity index is 2.17. The van der Waals surface area contributed by atoms with Crippen LogP contribution in [-0.2, 0) is 4.74 Å². The summed E-state index contributed by atoms with van der Waals surface area (Å²) in [4.78, 5) is 12.3. The molecule has 2 aromatic rings. The van der Waals surface area contributed by atoms with E-state index >= 15 is 0 Å². The molecule has 0 amide bonds. The smallest absolute Gasteiger partial charge is 0.344 e. The fourth-order valence-electron chi connectivity index (χ4n) is 2.27. The second-order valence-corrected chi connectivity index (χ2v) is 5.82. The van der Waals surface area contributed by atoms with E-state index in [0.717, 1.165) is 25.0 Å². The van der Waals surface area contributed by atoms with Crippen molar-refractivity contribution in [2.24, 2.45) is 0 Å². The van der Waals surface area contributed by atoms with Gasteiger partial charge >= 0.3 is 5.97 Å². The number of halogens is 3. The molecule has 22 heavy (non-hydrogen) atoms. The standard InChI is InChI=1S/C15H12Cl2FNO3/c1-2-21-15(20)12-13(19-22-14(12)7-3-4-7)11-9(16)5-8(18)6-10(11)17/h5-7H,2-4H2,1H3. The molecule has 1 fully saturated rings. The van der Waals surface area contributed by atoms with E-state index in [-0.39, 0.29) is 39.4 Å². The van der Waals surface area contributed by atoms with Gasteiger partial charge in [-0.1, -0.05) is 28.4 Å². The van der Waals surface area contributed by atoms with E-state index in [2.05, 4.69) is 5.16 Å². The molecule has 0 aliphatic heterocycles. The third-order valence-corrected chi connectivity index (χ3v) is 3.99. The summed E-state index contributed by atoms with van der Waals surface area (Å²) in [5.41, 5.74) is 0.679. The molecule has 1 aromatic carbocycles. The summed E-state index contributed by atoms with van der Waals surface area (Å²) in [5, 5.41) is 4.06. The molecule has 1 saturated carbocycles. The Kier molecular flexibility index (Phi) is 4.10. The minimum absolute atomic E-state index is 0.0613. The molecule has 7 heteroatoms. The van der Waals surface area contributed by atoms with Gasteiger partial charge in [0, 0.05) is 11.5 Å². The molecule has 0 bridgehead atoms. The van der Waals surface area contributed by atoms with Crippen LogP contribution in [0, 0.1) is 5.82 Å². The average Bonchev–Trinajstić information content (AvgIpc) is 3.18. The Morgan fingerprint density at radius 3 is 2.59 bits per heavy atom. The Bertz CT molecular complexity index is 717. The summed E-state index contributed by atoms with van der Waals surface area (Å²) in [7, 11) is 0. The molecular weight excluding hydrogens is 332 g/mol. The van der Waals surface area contributed by atoms with E-state index in [1.807, 2.05) is 0 Å². The summed E-state index contributed by atoms with van der Waals surface area (Å²) in [6.45, 7) is 1.93. The van der Waals surface area contributed by atoms with Crippen LogP contribution in [0.4, 0.5) is 4.39 Å². The van der Waals surface area contributed by atoms with Gasteiger partial charge in [-0.2, -0.15) is 0 Å². The second kappa shape index (κ2) is 5.89. The van der Waals surface area contributed by atoms with Crippen LogP contribution in [-0.4, -0.2) is 17.7 Å². The molecule has 0 atom stereocenters. The van der Waals surface area contributed by atoms with Crippen LogP contribution in [0.2, 0.25) is 10.0 Å². The van der Waals surface area contributed by atoms with Crippen LogP contribution < -0.4 is 0 Å². The number of benzene rings is 1. The zero-order chi connectivity index (χ0) is 15.9. The van der Waals surface area contributed by atoms with Crippen molar-refractivity contribution >= 4 is 29.2 Å². The molecular formula is C15H12Cl2FNO3. The van der Waals surface area contributed by atoms with Crippen molar-refractivity contribution < 1.29 is 18.4 Å². The Morgan fingerprint density at radius 1 is 1.41 bits per heavy atom. The van der Waals surface area contributed by atoms with E-state index in [1.165, 1.54) is 0 Å². The Morgan fingerprint density at radius 2 is 2.05 bits per heavy atom. The molecule has 1 heterocycles. The van der Waals surface area contributed by atoms with Crippen LogP contribution >= 0.6 is 23.2 Å². The van der Waals surface area contributed by atoms with Crippen LogP contribution in [0.15, 0.2) is 16.7 Å². The van der Waals surface area contributed by atoms with Gasteiger partial charge in [0.2, 0.25) is 0 Å². The number of carbonyl (C=O) groups is 1. The van der Waals surface area contributed by atoms with Crippen molar-refractivity contribution in [3.05, 3.63) is 39.3 Å². The van der Waals surface area contributed by atoms with Crippen molar-refractivity contribution in [3.8, 4) is 11.3 Å². The summed E-state index contributed by atoms with van der Waals surface area (Å²) < 4.78 is 23.7. The molecule has 3 rings (SSSR count). The molecule has 0 radical (unpaired) electrons. The first-order valence-electron chi connectivity index (χ1n) is 6.84. The Hall–Kier alpha value is -1.59. The summed E-state index contributed by atoms with van der Waals surface area (Å²) >= 11 is 12.1.